The summed E-state index contributed by atoms with van der Waals surface area (Å²) in [5, 5.41) is 32.7. The normalized spacial score (nSPS) is 22.4. The number of aliphatic hydroxyl groups is 1. The van der Waals surface area contributed by atoms with E-state index in [0.717, 1.165) is 10.9 Å². The maximum absolute atomic E-state index is 14.8. The van der Waals surface area contributed by atoms with Crippen LogP contribution in [0.5, 0.6) is 0 Å². The summed E-state index contributed by atoms with van der Waals surface area (Å²) in [7, 11) is 0. The van der Waals surface area contributed by atoms with Gasteiger partial charge in [0.05, 0.1) is 19.1 Å². The van der Waals surface area contributed by atoms with E-state index in [1.807, 2.05) is 24.3 Å². The molecule has 21 nitrogen and oxygen atoms in total. The van der Waals surface area contributed by atoms with E-state index in [2.05, 4.69) is 47.5 Å². The molecule has 0 spiro atoms. The molecular formula is C54H65N11O10. The van der Waals surface area contributed by atoms with Gasteiger partial charge in [-0.1, -0.05) is 109 Å². The van der Waals surface area contributed by atoms with Crippen molar-refractivity contribution in [2.45, 2.75) is 107 Å². The largest absolute Gasteiger partial charge is 0.391 e. The predicted molar refractivity (Wildman–Crippen MR) is 277 cm³/mol. The maximum atomic E-state index is 14.8. The smallest absolute Gasteiger partial charge is 0.245 e. The van der Waals surface area contributed by atoms with Gasteiger partial charge in [-0.25, -0.2) is 0 Å². The Labute approximate surface area is 433 Å². The SMILES string of the molecule is C[C@@H](O)[C@@H]1NC(=O)[C@H](CCCCN)NC(=O)[C@@H](Cc2c[nH]c3ccccc23)NC(=O)[C@H](Cc2ccccc2)NC(=O)[C@H](Cc2ccccc2)NC(=O)[C@H](CC(N)=O)NC(=O)CNC(=O)[C@H](Cc2ccccc2)NC1=O. The summed E-state index contributed by atoms with van der Waals surface area (Å²) in [5.41, 5.74) is 14.5. The van der Waals surface area contributed by atoms with E-state index in [9.17, 15) is 48.3 Å². The number of H-pyrrole nitrogens is 1. The number of para-hydroxylation sites is 1. The molecule has 1 aliphatic heterocycles. The summed E-state index contributed by atoms with van der Waals surface area (Å²) in [5.74, 6) is -8.14. The number of aromatic nitrogens is 1. The van der Waals surface area contributed by atoms with Gasteiger partial charge >= 0.3 is 0 Å². The molecule has 5 aromatic rings. The highest BCUT2D eigenvalue weighted by Gasteiger charge is 2.36. The fourth-order valence-corrected chi connectivity index (χ4v) is 8.62. The first-order valence-corrected chi connectivity index (χ1v) is 24.8. The van der Waals surface area contributed by atoms with Crippen molar-refractivity contribution in [3.63, 3.8) is 0 Å². The summed E-state index contributed by atoms with van der Waals surface area (Å²) in [6, 6.07) is 22.8. The van der Waals surface area contributed by atoms with Crippen molar-refractivity contribution in [3.8, 4) is 0 Å². The van der Waals surface area contributed by atoms with Gasteiger partial charge < -0.3 is 64.1 Å². The van der Waals surface area contributed by atoms with Gasteiger partial charge in [-0.05, 0) is 61.1 Å². The average molecular weight is 1030 g/mol. The third-order valence-electron chi connectivity index (χ3n) is 12.6. The van der Waals surface area contributed by atoms with E-state index in [1.54, 1.807) is 97.2 Å². The molecule has 8 atom stereocenters. The number of nitrogens with two attached hydrogens (primary N) is 2. The summed E-state index contributed by atoms with van der Waals surface area (Å²) >= 11 is 0. The van der Waals surface area contributed by atoms with E-state index in [4.69, 9.17) is 11.5 Å². The van der Waals surface area contributed by atoms with Gasteiger partial charge in [-0.15, -0.1) is 0 Å². The van der Waals surface area contributed by atoms with Crippen LogP contribution in [0.3, 0.4) is 0 Å². The zero-order valence-corrected chi connectivity index (χ0v) is 41.5. The van der Waals surface area contributed by atoms with Crippen molar-refractivity contribution >= 4 is 64.1 Å². The number of hydrogen-bond acceptors (Lipinski definition) is 11. The van der Waals surface area contributed by atoms with Crippen LogP contribution < -0.4 is 54.0 Å². The second-order valence-corrected chi connectivity index (χ2v) is 18.5. The topological polar surface area (TPSA) is 338 Å². The molecule has 0 unspecified atom stereocenters. The first kappa shape index (κ1) is 55.9. The number of unbranched alkanes of at least 4 members (excludes halogenated alkanes) is 1. The predicted octanol–water partition coefficient (Wildman–Crippen LogP) is -0.653. The molecule has 1 saturated heterocycles. The lowest BCUT2D eigenvalue weighted by Gasteiger charge is -2.29. The third kappa shape index (κ3) is 16.8. The van der Waals surface area contributed by atoms with Crippen LogP contribution in [0.15, 0.2) is 121 Å². The van der Waals surface area contributed by atoms with Crippen molar-refractivity contribution in [2.24, 2.45) is 11.5 Å². The zero-order valence-electron chi connectivity index (χ0n) is 41.5. The number of nitrogens with one attached hydrogen (secondary N) is 9. The Morgan fingerprint density at radius 3 is 1.48 bits per heavy atom. The highest BCUT2D eigenvalue weighted by molar-refractivity contribution is 5.99. The second-order valence-electron chi connectivity index (χ2n) is 18.5. The number of carbonyl (C=O) groups is 9. The number of benzene rings is 4. The Balaban J connectivity index is 1.42. The number of amides is 9. The Morgan fingerprint density at radius 1 is 0.533 bits per heavy atom. The van der Waals surface area contributed by atoms with Crippen LogP contribution in [0.1, 0.15) is 54.9 Å². The highest BCUT2D eigenvalue weighted by Crippen LogP contribution is 2.20. The lowest BCUT2D eigenvalue weighted by atomic mass is 10.00. The molecular weight excluding hydrogens is 963 g/mol. The zero-order chi connectivity index (χ0) is 53.9. The summed E-state index contributed by atoms with van der Waals surface area (Å²) in [6.07, 6.45) is -0.260. The molecule has 0 radical (unpaired) electrons. The van der Waals surface area contributed by atoms with Crippen LogP contribution in [0.4, 0.5) is 0 Å². The van der Waals surface area contributed by atoms with Gasteiger partial charge in [-0.3, -0.25) is 43.2 Å². The molecule has 396 valence electrons. The van der Waals surface area contributed by atoms with Gasteiger partial charge in [-0.2, -0.15) is 0 Å². The summed E-state index contributed by atoms with van der Waals surface area (Å²) in [6.45, 7) is 0.734. The number of fused-ring (bicyclic) bond motifs is 1. The van der Waals surface area contributed by atoms with Crippen molar-refractivity contribution in [3.05, 3.63) is 144 Å². The van der Waals surface area contributed by atoms with Gasteiger partial charge in [0.25, 0.3) is 0 Å². The monoisotopic (exact) mass is 1030 g/mol. The molecule has 9 amide bonds. The molecule has 4 aromatic carbocycles. The van der Waals surface area contributed by atoms with Crippen LogP contribution in [0.25, 0.3) is 10.9 Å². The molecule has 14 N–H and O–H groups in total. The standard InChI is InChI=1S/C54H65N11O10/c1-32(66)47-54(75)64-40(25-33-15-5-2-6-16-33)48(69)58-31-46(68)59-44(29-45(56)67)53(74)62-41(26-34-17-7-3-8-18-34)50(71)61-42(27-35-19-9-4-10-20-35)51(72)63-43(28-36-30-57-38-22-12-11-21-37(36)38)52(73)60-39(49(70)65-47)23-13-14-24-55/h2-12,15-22,30,32,39-44,47,57,66H,13-14,23-29,31,55H2,1H3,(H2,56,67)(H,58,69)(H,59,68)(H,60,73)(H,61,71)(H,62,74)(H,63,72)(H,64,75)(H,65,70)/t32-,39+,40+,41+,42+,43-,44+,47+/m1/s1. The molecule has 1 fully saturated rings. The highest BCUT2D eigenvalue weighted by atomic mass is 16.3. The number of hydrogen-bond donors (Lipinski definition) is 12. The molecule has 0 aliphatic carbocycles. The molecule has 0 bridgehead atoms. The molecule has 1 aromatic heterocycles. The first-order chi connectivity index (χ1) is 36.1. The van der Waals surface area contributed by atoms with Gasteiger partial charge in [0.2, 0.25) is 53.2 Å². The van der Waals surface area contributed by atoms with E-state index >= 15 is 0 Å². The van der Waals surface area contributed by atoms with E-state index in [-0.39, 0.29) is 38.6 Å². The Bertz CT molecular complexity index is 2780. The van der Waals surface area contributed by atoms with Crippen LogP contribution in [0, 0.1) is 0 Å². The van der Waals surface area contributed by atoms with E-state index < -0.39 is 115 Å². The number of aromatic amines is 1. The first-order valence-electron chi connectivity index (χ1n) is 24.8. The van der Waals surface area contributed by atoms with Crippen LogP contribution in [0.2, 0.25) is 0 Å². The maximum Gasteiger partial charge on any atom is 0.245 e. The summed E-state index contributed by atoms with van der Waals surface area (Å²) < 4.78 is 0. The second kappa shape index (κ2) is 27.6. The Morgan fingerprint density at radius 2 is 0.973 bits per heavy atom. The lowest BCUT2D eigenvalue weighted by Crippen LogP contribution is -2.62. The third-order valence-corrected chi connectivity index (χ3v) is 12.6. The van der Waals surface area contributed by atoms with Crippen molar-refractivity contribution in [1.82, 2.24) is 47.5 Å². The lowest BCUT2D eigenvalue weighted by molar-refractivity contribution is -0.137. The minimum atomic E-state index is -1.69. The summed E-state index contributed by atoms with van der Waals surface area (Å²) in [4.78, 5) is 130. The molecule has 75 heavy (non-hydrogen) atoms. The van der Waals surface area contributed by atoms with Crippen LogP contribution in [-0.4, -0.2) is 125 Å². The molecule has 6 rings (SSSR count). The molecule has 2 heterocycles. The van der Waals surface area contributed by atoms with E-state index in [0.29, 0.717) is 35.1 Å². The number of primary amides is 1. The van der Waals surface area contributed by atoms with Crippen LogP contribution in [-0.2, 0) is 68.8 Å². The van der Waals surface area contributed by atoms with Crippen LogP contribution >= 0.6 is 0 Å². The van der Waals surface area contributed by atoms with Gasteiger partial charge in [0, 0.05) is 42.8 Å². The minimum absolute atomic E-state index is 0.0132. The molecule has 21 heteroatoms. The Kier molecular flexibility index (Phi) is 20.5. The molecule has 0 saturated carbocycles. The average Bonchev–Trinajstić information content (AvgIpc) is 3.80. The fraction of sp³-hybridized carbons (Fsp3) is 0.352. The van der Waals surface area contributed by atoms with Crippen molar-refractivity contribution < 1.29 is 48.3 Å². The Hall–Kier alpha value is -8.43. The van der Waals surface area contributed by atoms with E-state index in [1.165, 1.54) is 6.92 Å². The van der Waals surface area contributed by atoms with Gasteiger partial charge in [0.15, 0.2) is 0 Å². The minimum Gasteiger partial charge on any atom is -0.391 e. The number of carbonyl (C=O) groups excluding carboxylic acids is 9. The van der Waals surface area contributed by atoms with Gasteiger partial charge in [0.1, 0.15) is 42.3 Å². The van der Waals surface area contributed by atoms with Crippen molar-refractivity contribution in [1.29, 1.82) is 0 Å². The fourth-order valence-electron chi connectivity index (χ4n) is 8.62. The number of rotatable bonds is 15. The number of aliphatic hydroxyl groups excluding tert-OH is 1. The quantitative estimate of drug-likeness (QED) is 0.0585. The van der Waals surface area contributed by atoms with Crippen molar-refractivity contribution in [2.75, 3.05) is 13.1 Å². The molecule has 1 aliphatic rings.